The smallest absolute Gasteiger partial charge is 0.333 e. The topological polar surface area (TPSA) is 96.0 Å². The first-order valence-corrected chi connectivity index (χ1v) is 15.6. The van der Waals surface area contributed by atoms with Gasteiger partial charge in [-0.05, 0) is 68.4 Å². The van der Waals surface area contributed by atoms with Gasteiger partial charge in [-0.3, -0.25) is 8.98 Å². The van der Waals surface area contributed by atoms with Crippen LogP contribution in [0.4, 0.5) is 0 Å². The van der Waals surface area contributed by atoms with E-state index in [1.54, 1.807) is 19.2 Å². The lowest BCUT2D eigenvalue weighted by Crippen LogP contribution is -2.63. The number of hydrogen-bond acceptors (Lipinski definition) is 7. The summed E-state index contributed by atoms with van der Waals surface area (Å²) in [5.74, 6) is -0.562. The maximum Gasteiger partial charge on any atom is 0.333 e. The summed E-state index contributed by atoms with van der Waals surface area (Å²) in [5, 5.41) is 0. The number of benzene rings is 1. The molecule has 2 bridgehead atoms. The van der Waals surface area contributed by atoms with Crippen molar-refractivity contribution in [3.8, 4) is 0 Å². The summed E-state index contributed by atoms with van der Waals surface area (Å²) >= 11 is 0. The molecular formula is C31H44O7S. The van der Waals surface area contributed by atoms with Crippen molar-refractivity contribution in [2.75, 3.05) is 13.7 Å². The Balaban J connectivity index is 1.70. The second-order valence-electron chi connectivity index (χ2n) is 12.4. The van der Waals surface area contributed by atoms with E-state index < -0.39 is 39.6 Å². The van der Waals surface area contributed by atoms with Crippen molar-refractivity contribution in [3.63, 3.8) is 0 Å². The zero-order valence-electron chi connectivity index (χ0n) is 24.2. The van der Waals surface area contributed by atoms with Crippen LogP contribution < -0.4 is 0 Å². The molecule has 1 aromatic rings. The van der Waals surface area contributed by atoms with Gasteiger partial charge in [0.2, 0.25) is 0 Å². The number of methoxy groups -OCH3 is 1. The molecule has 0 aromatic heterocycles. The maximum atomic E-state index is 13.6. The van der Waals surface area contributed by atoms with Crippen LogP contribution in [0.5, 0.6) is 0 Å². The van der Waals surface area contributed by atoms with Crippen LogP contribution in [0.15, 0.2) is 41.8 Å². The number of ether oxygens (including phenoxy) is 2. The fourth-order valence-corrected chi connectivity index (χ4v) is 9.23. The van der Waals surface area contributed by atoms with Gasteiger partial charge in [0.25, 0.3) is 10.1 Å². The van der Waals surface area contributed by atoms with Crippen LogP contribution in [0.25, 0.3) is 0 Å². The van der Waals surface area contributed by atoms with Crippen molar-refractivity contribution in [1.82, 2.24) is 0 Å². The van der Waals surface area contributed by atoms with E-state index in [1.165, 1.54) is 12.1 Å². The molecule has 216 valence electrons. The normalized spacial score (nSPS) is 38.4. The molecule has 0 heterocycles. The zero-order valence-corrected chi connectivity index (χ0v) is 25.0. The third-order valence-corrected chi connectivity index (χ3v) is 12.2. The van der Waals surface area contributed by atoms with E-state index in [-0.39, 0.29) is 40.0 Å². The van der Waals surface area contributed by atoms with E-state index in [2.05, 4.69) is 34.3 Å². The summed E-state index contributed by atoms with van der Waals surface area (Å²) in [6, 6.07) is 6.25. The summed E-state index contributed by atoms with van der Waals surface area (Å²) in [4.78, 5) is 26.9. The monoisotopic (exact) mass is 560 g/mol. The molecule has 0 radical (unpaired) electrons. The highest BCUT2D eigenvalue weighted by molar-refractivity contribution is 7.86. The van der Waals surface area contributed by atoms with Gasteiger partial charge in [0.05, 0.1) is 11.0 Å². The molecule has 4 rings (SSSR count). The highest BCUT2D eigenvalue weighted by Crippen LogP contribution is 2.68. The Bertz CT molecular complexity index is 1210. The number of Topliss-reactive ketones (excluding diaryl/α,β-unsaturated/α-hetero) is 1. The number of rotatable bonds is 8. The van der Waals surface area contributed by atoms with Crippen LogP contribution in [-0.4, -0.2) is 46.1 Å². The molecule has 0 saturated heterocycles. The Morgan fingerprint density at radius 2 is 1.85 bits per heavy atom. The third kappa shape index (κ3) is 4.80. The minimum Gasteiger partial charge on any atom is -0.460 e. The Labute approximate surface area is 233 Å². The van der Waals surface area contributed by atoms with E-state index >= 15 is 0 Å². The molecular weight excluding hydrogens is 516 g/mol. The van der Waals surface area contributed by atoms with Crippen molar-refractivity contribution in [3.05, 3.63) is 42.5 Å². The van der Waals surface area contributed by atoms with Crippen LogP contribution in [-0.2, 0) is 33.4 Å². The highest BCUT2D eigenvalue weighted by atomic mass is 32.2. The van der Waals surface area contributed by atoms with Gasteiger partial charge < -0.3 is 9.47 Å². The van der Waals surface area contributed by atoms with Crippen molar-refractivity contribution in [1.29, 1.82) is 0 Å². The molecule has 0 N–H and O–H groups in total. The summed E-state index contributed by atoms with van der Waals surface area (Å²) in [7, 11) is -2.42. The van der Waals surface area contributed by atoms with Crippen LogP contribution in [0.1, 0.15) is 71.8 Å². The predicted molar refractivity (Wildman–Crippen MR) is 148 cm³/mol. The molecule has 39 heavy (non-hydrogen) atoms. The molecule has 0 spiro atoms. The van der Waals surface area contributed by atoms with Gasteiger partial charge in [0.15, 0.2) is 6.61 Å². The molecule has 0 aliphatic heterocycles. The Morgan fingerprint density at radius 1 is 1.18 bits per heavy atom. The standard InChI is InChI=1S/C31H44O7S/c1-8-30(9-2)18-25(38-26(33)19-37-39(34,35)23-12-10-20(3)11-13-23)29(6)21(4)14-16-31(22(5)28(30)36-7)17-15-24(32)27(29)31/h8,10-13,21-22,25,27-28H,1,9,14-19H2,2-7H3/t21-,22+,25-,27+,28+,29+,30+,31+/m1/s1. The number of carbonyl (C=O) groups is 2. The van der Waals surface area contributed by atoms with Gasteiger partial charge in [-0.15, -0.1) is 6.58 Å². The molecule has 3 aliphatic carbocycles. The molecule has 7 nitrogen and oxygen atoms in total. The Morgan fingerprint density at radius 3 is 2.44 bits per heavy atom. The van der Waals surface area contributed by atoms with E-state index in [0.717, 1.165) is 31.2 Å². The summed E-state index contributed by atoms with van der Waals surface area (Å²) in [6.45, 7) is 13.9. The van der Waals surface area contributed by atoms with Crippen LogP contribution in [0.3, 0.4) is 0 Å². The Kier molecular flexibility index (Phi) is 8.25. The summed E-state index contributed by atoms with van der Waals surface area (Å²) in [5.41, 5.74) is -0.446. The first kappa shape index (κ1) is 29.9. The fraction of sp³-hybridized carbons (Fsp3) is 0.677. The van der Waals surface area contributed by atoms with E-state index in [0.29, 0.717) is 12.8 Å². The molecule has 3 fully saturated rings. The second kappa shape index (κ2) is 10.7. The van der Waals surface area contributed by atoms with Crippen molar-refractivity contribution < 1.29 is 31.7 Å². The first-order chi connectivity index (χ1) is 18.3. The van der Waals surface area contributed by atoms with E-state index in [4.69, 9.17) is 13.7 Å². The van der Waals surface area contributed by atoms with Crippen LogP contribution >= 0.6 is 0 Å². The lowest BCUT2D eigenvalue weighted by atomic mass is 9.43. The van der Waals surface area contributed by atoms with E-state index in [1.807, 2.05) is 13.0 Å². The molecule has 1 aromatic carbocycles. The maximum absolute atomic E-state index is 13.6. The predicted octanol–water partition coefficient (Wildman–Crippen LogP) is 5.65. The number of aryl methyl sites for hydroxylation is 1. The number of hydrogen-bond donors (Lipinski definition) is 0. The van der Waals surface area contributed by atoms with Gasteiger partial charge in [0.1, 0.15) is 11.9 Å². The van der Waals surface area contributed by atoms with Gasteiger partial charge in [-0.25, -0.2) is 4.79 Å². The van der Waals surface area contributed by atoms with Crippen molar-refractivity contribution in [2.45, 2.75) is 90.2 Å². The lowest BCUT2D eigenvalue weighted by molar-refractivity contribution is -0.212. The molecule has 0 unspecified atom stereocenters. The molecule has 0 amide bonds. The third-order valence-electron chi connectivity index (χ3n) is 10.9. The van der Waals surface area contributed by atoms with E-state index in [9.17, 15) is 18.0 Å². The minimum absolute atomic E-state index is 0.0189. The second-order valence-corrected chi connectivity index (χ2v) is 14.0. The fourth-order valence-electron chi connectivity index (χ4n) is 8.37. The Hall–Kier alpha value is -2.03. The highest BCUT2D eigenvalue weighted by Gasteiger charge is 2.68. The van der Waals surface area contributed by atoms with Gasteiger partial charge in [0, 0.05) is 30.3 Å². The van der Waals surface area contributed by atoms with Gasteiger partial charge in [-0.1, -0.05) is 51.5 Å². The molecule has 8 atom stereocenters. The minimum atomic E-state index is -4.14. The van der Waals surface area contributed by atoms with Crippen molar-refractivity contribution in [2.24, 2.45) is 34.0 Å². The number of ketones is 1. The zero-order chi connectivity index (χ0) is 28.8. The first-order valence-electron chi connectivity index (χ1n) is 14.2. The van der Waals surface area contributed by atoms with Gasteiger partial charge >= 0.3 is 5.97 Å². The summed E-state index contributed by atoms with van der Waals surface area (Å²) < 4.78 is 43.0. The largest absolute Gasteiger partial charge is 0.460 e. The van der Waals surface area contributed by atoms with Crippen LogP contribution in [0.2, 0.25) is 0 Å². The summed E-state index contributed by atoms with van der Waals surface area (Å²) in [6.07, 6.45) is 5.42. The average Bonchev–Trinajstić information content (AvgIpc) is 3.26. The number of carbonyl (C=O) groups excluding carboxylic acids is 2. The molecule has 3 aliphatic rings. The molecule has 8 heteroatoms. The van der Waals surface area contributed by atoms with Crippen molar-refractivity contribution >= 4 is 21.9 Å². The molecule has 3 saturated carbocycles. The van der Waals surface area contributed by atoms with Gasteiger partial charge in [-0.2, -0.15) is 8.42 Å². The van der Waals surface area contributed by atoms with Crippen LogP contribution in [0, 0.1) is 40.9 Å². The number of esters is 1. The quantitative estimate of drug-likeness (QED) is 0.230. The SMILES string of the molecule is C=C[C@]1(CC)C[C@@H](OC(=O)COS(=O)(=O)c2ccc(C)cc2)[C@]2(C)[C@H](C)CC[C@]3(CCC(=O)[C@H]32)[C@@H](C)[C@@H]1OC. The average molecular weight is 561 g/mol. The lowest BCUT2D eigenvalue weighted by Gasteiger charge is -2.62.